The van der Waals surface area contributed by atoms with E-state index >= 15 is 0 Å². The number of fused-ring (bicyclic) bond motifs is 1. The average molecular weight is 303 g/mol. The highest BCUT2D eigenvalue weighted by Crippen LogP contribution is 2.57. The van der Waals surface area contributed by atoms with E-state index in [1.165, 1.54) is 13.4 Å². The molecule has 3 aromatic heterocycles. The van der Waals surface area contributed by atoms with Gasteiger partial charge in [-0.3, -0.25) is 0 Å². The van der Waals surface area contributed by atoms with Gasteiger partial charge in [0.1, 0.15) is 11.9 Å². The molecule has 1 unspecified atom stereocenters. The summed E-state index contributed by atoms with van der Waals surface area (Å²) in [7, 11) is 1.43. The van der Waals surface area contributed by atoms with Crippen molar-refractivity contribution in [3.05, 3.63) is 30.5 Å². The lowest BCUT2D eigenvalue weighted by atomic mass is 10.1. The molecule has 0 spiro atoms. The number of halogens is 2. The van der Waals surface area contributed by atoms with Gasteiger partial charge >= 0.3 is 0 Å². The van der Waals surface area contributed by atoms with E-state index in [1.807, 2.05) is 0 Å². The normalized spacial score (nSPS) is 19.3. The first-order valence-corrected chi connectivity index (χ1v) is 6.67. The third-order valence-corrected chi connectivity index (χ3v) is 3.71. The zero-order valence-corrected chi connectivity index (χ0v) is 11.5. The molecule has 112 valence electrons. The standard InChI is InChI=1S/C14H11F2N5O/c1-22-13-10(11(19-6-20-13)7-4-14(7,15)16)12-18-5-9-8(21-12)2-3-17-9/h2-3,5-7,17H,4H2,1H3. The van der Waals surface area contributed by atoms with Gasteiger partial charge in [-0.2, -0.15) is 0 Å². The van der Waals surface area contributed by atoms with Crippen LogP contribution in [-0.4, -0.2) is 38.0 Å². The van der Waals surface area contributed by atoms with Gasteiger partial charge in [-0.05, 0) is 6.07 Å². The molecule has 0 amide bonds. The molecule has 8 heteroatoms. The molecule has 1 aliphatic rings. The van der Waals surface area contributed by atoms with Crippen LogP contribution < -0.4 is 4.74 Å². The van der Waals surface area contributed by atoms with E-state index in [0.29, 0.717) is 11.1 Å². The van der Waals surface area contributed by atoms with Crippen LogP contribution in [0.5, 0.6) is 5.88 Å². The zero-order chi connectivity index (χ0) is 15.3. The second-order valence-corrected chi connectivity index (χ2v) is 5.13. The predicted octanol–water partition coefficient (Wildman–Crippen LogP) is 2.55. The van der Waals surface area contributed by atoms with E-state index in [4.69, 9.17) is 4.74 Å². The summed E-state index contributed by atoms with van der Waals surface area (Å²) < 4.78 is 32.1. The number of ether oxygens (including phenoxy) is 1. The summed E-state index contributed by atoms with van der Waals surface area (Å²) in [6, 6.07) is 1.78. The van der Waals surface area contributed by atoms with Crippen LogP contribution in [0.4, 0.5) is 8.78 Å². The smallest absolute Gasteiger partial charge is 0.257 e. The van der Waals surface area contributed by atoms with Crippen molar-refractivity contribution in [2.45, 2.75) is 18.3 Å². The molecule has 1 fully saturated rings. The third kappa shape index (κ3) is 1.91. The predicted molar refractivity (Wildman–Crippen MR) is 73.8 cm³/mol. The topological polar surface area (TPSA) is 76.6 Å². The Balaban J connectivity index is 1.92. The van der Waals surface area contributed by atoms with E-state index in [2.05, 4.69) is 24.9 Å². The summed E-state index contributed by atoms with van der Waals surface area (Å²) in [5, 5.41) is 0. The molecule has 0 bridgehead atoms. The van der Waals surface area contributed by atoms with Crippen molar-refractivity contribution in [1.82, 2.24) is 24.9 Å². The maximum atomic E-state index is 13.5. The zero-order valence-electron chi connectivity index (χ0n) is 11.5. The molecule has 1 atom stereocenters. The molecule has 1 N–H and O–H groups in total. The maximum Gasteiger partial charge on any atom is 0.257 e. The molecule has 3 heterocycles. The molecule has 6 nitrogen and oxygen atoms in total. The Bertz CT molecular complexity index is 863. The summed E-state index contributed by atoms with van der Waals surface area (Å²) in [5.41, 5.74) is 2.00. The highest BCUT2D eigenvalue weighted by atomic mass is 19.3. The minimum Gasteiger partial charge on any atom is -0.480 e. The molecular weight excluding hydrogens is 292 g/mol. The van der Waals surface area contributed by atoms with E-state index in [1.54, 1.807) is 18.5 Å². The molecule has 0 aliphatic heterocycles. The van der Waals surface area contributed by atoms with Crippen LogP contribution in [0.15, 0.2) is 24.8 Å². The first-order valence-electron chi connectivity index (χ1n) is 6.67. The van der Waals surface area contributed by atoms with Crippen LogP contribution in [0.25, 0.3) is 22.4 Å². The highest BCUT2D eigenvalue weighted by Gasteiger charge is 2.59. The fourth-order valence-corrected chi connectivity index (χ4v) is 2.49. The molecule has 1 saturated carbocycles. The van der Waals surface area contributed by atoms with Crippen LogP contribution in [0.3, 0.4) is 0 Å². The van der Waals surface area contributed by atoms with E-state index in [9.17, 15) is 8.78 Å². The Labute approximate surface area is 123 Å². The number of alkyl halides is 2. The fraction of sp³-hybridized carbons (Fsp3) is 0.286. The van der Waals surface area contributed by atoms with Crippen molar-refractivity contribution in [2.24, 2.45) is 0 Å². The summed E-state index contributed by atoms with van der Waals surface area (Å²) in [5.74, 6) is -3.21. The summed E-state index contributed by atoms with van der Waals surface area (Å²) in [4.78, 5) is 19.6. The summed E-state index contributed by atoms with van der Waals surface area (Å²) in [6.07, 6.45) is 4.32. The van der Waals surface area contributed by atoms with Gasteiger partial charge in [0.2, 0.25) is 5.88 Å². The van der Waals surface area contributed by atoms with Crippen molar-refractivity contribution >= 4 is 11.0 Å². The Morgan fingerprint density at radius 3 is 2.86 bits per heavy atom. The monoisotopic (exact) mass is 303 g/mol. The molecule has 3 aromatic rings. The molecule has 0 saturated heterocycles. The molecule has 22 heavy (non-hydrogen) atoms. The van der Waals surface area contributed by atoms with Crippen molar-refractivity contribution in [1.29, 1.82) is 0 Å². The van der Waals surface area contributed by atoms with E-state index in [-0.39, 0.29) is 23.8 Å². The van der Waals surface area contributed by atoms with Crippen LogP contribution in [0.2, 0.25) is 0 Å². The quantitative estimate of drug-likeness (QED) is 0.804. The van der Waals surface area contributed by atoms with Gasteiger partial charge in [-0.1, -0.05) is 0 Å². The number of aromatic amines is 1. The molecule has 0 aromatic carbocycles. The highest BCUT2D eigenvalue weighted by molar-refractivity contribution is 5.77. The van der Waals surface area contributed by atoms with Gasteiger partial charge in [0.05, 0.1) is 36.0 Å². The van der Waals surface area contributed by atoms with Gasteiger partial charge in [-0.25, -0.2) is 28.7 Å². The first kappa shape index (κ1) is 13.1. The van der Waals surface area contributed by atoms with E-state index < -0.39 is 11.8 Å². The Kier molecular flexibility index (Phi) is 2.63. The van der Waals surface area contributed by atoms with Crippen LogP contribution in [0.1, 0.15) is 18.0 Å². The summed E-state index contributed by atoms with van der Waals surface area (Å²) in [6.45, 7) is 0. The van der Waals surface area contributed by atoms with Crippen LogP contribution >= 0.6 is 0 Å². The number of nitrogens with zero attached hydrogens (tertiary/aromatic N) is 4. The number of aromatic nitrogens is 5. The number of H-pyrrole nitrogens is 1. The minimum absolute atomic E-state index is 0.197. The third-order valence-electron chi connectivity index (χ3n) is 3.71. The molecular formula is C14H11F2N5O. The summed E-state index contributed by atoms with van der Waals surface area (Å²) >= 11 is 0. The largest absolute Gasteiger partial charge is 0.480 e. The van der Waals surface area contributed by atoms with Gasteiger partial charge < -0.3 is 9.72 Å². The lowest BCUT2D eigenvalue weighted by Crippen LogP contribution is -2.04. The van der Waals surface area contributed by atoms with Gasteiger partial charge in [0.15, 0.2) is 5.82 Å². The van der Waals surface area contributed by atoms with Crippen molar-refractivity contribution in [3.8, 4) is 17.3 Å². The van der Waals surface area contributed by atoms with Gasteiger partial charge in [0, 0.05) is 12.6 Å². The number of hydrogen-bond donors (Lipinski definition) is 1. The maximum absolute atomic E-state index is 13.5. The van der Waals surface area contributed by atoms with Gasteiger partial charge in [0.25, 0.3) is 5.92 Å². The number of nitrogens with one attached hydrogen (secondary N) is 1. The first-order chi connectivity index (χ1) is 10.6. The Morgan fingerprint density at radius 2 is 2.14 bits per heavy atom. The minimum atomic E-state index is -2.74. The lowest BCUT2D eigenvalue weighted by Gasteiger charge is -2.10. The van der Waals surface area contributed by atoms with Crippen molar-refractivity contribution in [2.75, 3.05) is 7.11 Å². The molecule has 0 radical (unpaired) electrons. The number of hydrogen-bond acceptors (Lipinski definition) is 5. The van der Waals surface area contributed by atoms with Gasteiger partial charge in [-0.15, -0.1) is 0 Å². The fourth-order valence-electron chi connectivity index (χ4n) is 2.49. The molecule has 4 rings (SSSR count). The van der Waals surface area contributed by atoms with Crippen molar-refractivity contribution < 1.29 is 13.5 Å². The second-order valence-electron chi connectivity index (χ2n) is 5.13. The molecule has 1 aliphatic carbocycles. The number of rotatable bonds is 3. The van der Waals surface area contributed by atoms with E-state index in [0.717, 1.165) is 5.52 Å². The second kappa shape index (κ2) is 4.43. The van der Waals surface area contributed by atoms with Crippen LogP contribution in [-0.2, 0) is 0 Å². The SMILES string of the molecule is COc1ncnc(C2CC2(F)F)c1-c1ncc2[nH]ccc2n1. The lowest BCUT2D eigenvalue weighted by molar-refractivity contribution is 0.111. The Hall–Kier alpha value is -2.64. The number of methoxy groups -OCH3 is 1. The van der Waals surface area contributed by atoms with Crippen molar-refractivity contribution in [3.63, 3.8) is 0 Å². The average Bonchev–Trinajstić information content (AvgIpc) is 2.95. The Morgan fingerprint density at radius 1 is 1.32 bits per heavy atom. The van der Waals surface area contributed by atoms with Crippen LogP contribution in [0, 0.1) is 0 Å².